The van der Waals surface area contributed by atoms with E-state index < -0.39 is 12.2 Å². The average Bonchev–Trinajstić information content (AvgIpc) is 2.87. The molecule has 0 aliphatic heterocycles. The molecule has 1 aromatic heterocycles. The summed E-state index contributed by atoms with van der Waals surface area (Å²) in [5.74, 6) is -0.497. The van der Waals surface area contributed by atoms with Gasteiger partial charge < -0.3 is 10.1 Å². The van der Waals surface area contributed by atoms with Crippen LogP contribution in [0.5, 0.6) is 0 Å². The normalized spacial score (nSPS) is 11.3. The van der Waals surface area contributed by atoms with Crippen LogP contribution in [0.4, 0.5) is 13.2 Å². The third kappa shape index (κ3) is 3.83. The van der Waals surface area contributed by atoms with E-state index in [1.807, 2.05) is 0 Å². The van der Waals surface area contributed by atoms with Crippen molar-refractivity contribution in [1.29, 1.82) is 0 Å². The topological polar surface area (TPSA) is 39.1 Å². The number of halogens is 3. The number of nitrogens with one attached hydrogen (secondary N) is 1. The Morgan fingerprint density at radius 1 is 1.38 bits per heavy atom. The first-order valence-corrected chi connectivity index (χ1v) is 6.44. The van der Waals surface area contributed by atoms with Crippen LogP contribution in [-0.2, 0) is 11.3 Å². The van der Waals surface area contributed by atoms with E-state index in [0.29, 0.717) is 18.7 Å². The Morgan fingerprint density at radius 3 is 2.86 bits per heavy atom. The molecular weight excluding hydrogens is 283 g/mol. The third-order valence-electron chi connectivity index (χ3n) is 2.94. The largest absolute Gasteiger partial charge is 0.383 e. The molecule has 0 atom stereocenters. The predicted molar refractivity (Wildman–Crippen MR) is 72.1 cm³/mol. The average molecular weight is 299 g/mol. The van der Waals surface area contributed by atoms with Gasteiger partial charge in [-0.25, -0.2) is 17.9 Å². The minimum absolute atomic E-state index is 0.231. The van der Waals surface area contributed by atoms with E-state index >= 15 is 0 Å². The smallest absolute Gasteiger partial charge is 0.280 e. The van der Waals surface area contributed by atoms with Crippen LogP contribution in [0.3, 0.4) is 0 Å². The molecule has 21 heavy (non-hydrogen) atoms. The molecule has 0 unspecified atom stereocenters. The minimum atomic E-state index is -2.70. The molecule has 0 aliphatic carbocycles. The molecule has 0 saturated heterocycles. The van der Waals surface area contributed by atoms with Crippen molar-refractivity contribution in [2.75, 3.05) is 20.3 Å². The molecule has 1 heterocycles. The van der Waals surface area contributed by atoms with E-state index in [-0.39, 0.29) is 17.9 Å². The zero-order valence-corrected chi connectivity index (χ0v) is 11.5. The van der Waals surface area contributed by atoms with E-state index in [1.165, 1.54) is 30.5 Å². The zero-order chi connectivity index (χ0) is 15.2. The Labute approximate surface area is 120 Å². The van der Waals surface area contributed by atoms with Gasteiger partial charge >= 0.3 is 0 Å². The Hall–Kier alpha value is -1.86. The van der Waals surface area contributed by atoms with Gasteiger partial charge in [0, 0.05) is 25.8 Å². The molecule has 0 aliphatic rings. The fraction of sp³-hybridized carbons (Fsp3) is 0.357. The van der Waals surface area contributed by atoms with E-state index in [9.17, 15) is 13.2 Å². The summed E-state index contributed by atoms with van der Waals surface area (Å²) in [6.45, 7) is 1.28. The Bertz CT molecular complexity index is 587. The van der Waals surface area contributed by atoms with Crippen LogP contribution >= 0.6 is 0 Å². The molecule has 0 fully saturated rings. The lowest BCUT2D eigenvalue weighted by atomic mass is 10.2. The zero-order valence-electron chi connectivity index (χ0n) is 11.5. The summed E-state index contributed by atoms with van der Waals surface area (Å²) in [5.41, 5.74) is 0.421. The van der Waals surface area contributed by atoms with Gasteiger partial charge in [0.2, 0.25) is 0 Å². The van der Waals surface area contributed by atoms with Crippen molar-refractivity contribution in [2.45, 2.75) is 13.0 Å². The molecular formula is C14H16F3N3O. The predicted octanol–water partition coefficient (Wildman–Crippen LogP) is 2.69. The van der Waals surface area contributed by atoms with E-state index in [0.717, 1.165) is 4.68 Å². The number of nitrogens with zero attached hydrogens (tertiary/aromatic N) is 2. The number of methoxy groups -OCH3 is 1. The molecule has 0 amide bonds. The van der Waals surface area contributed by atoms with Crippen molar-refractivity contribution in [3.05, 3.63) is 47.5 Å². The van der Waals surface area contributed by atoms with Crippen LogP contribution in [0.15, 0.2) is 30.5 Å². The van der Waals surface area contributed by atoms with E-state index in [2.05, 4.69) is 10.4 Å². The number of benzene rings is 1. The maximum absolute atomic E-state index is 13.3. The van der Waals surface area contributed by atoms with Gasteiger partial charge in [0.25, 0.3) is 6.43 Å². The molecule has 0 bridgehead atoms. The second kappa shape index (κ2) is 7.24. The summed E-state index contributed by atoms with van der Waals surface area (Å²) in [6.07, 6.45) is -1.33. The quantitative estimate of drug-likeness (QED) is 0.799. The maximum Gasteiger partial charge on any atom is 0.280 e. The highest BCUT2D eigenvalue weighted by atomic mass is 19.3. The first-order valence-electron chi connectivity index (χ1n) is 6.44. The summed E-state index contributed by atoms with van der Waals surface area (Å²) in [7, 11) is 1.56. The highest BCUT2D eigenvalue weighted by Gasteiger charge is 2.20. The highest BCUT2D eigenvalue weighted by molar-refractivity contribution is 5.36. The fourth-order valence-corrected chi connectivity index (χ4v) is 1.97. The van der Waals surface area contributed by atoms with E-state index in [4.69, 9.17) is 4.74 Å². The molecule has 1 N–H and O–H groups in total. The standard InChI is InChI=1S/C14H16F3N3O/c1-21-6-5-18-8-10-9-19-20(13(10)14(16)17)12-4-2-3-11(15)7-12/h2-4,7,9,14,18H,5-6,8H2,1H3. The number of alkyl halides is 2. The van der Waals surface area contributed by atoms with Crippen molar-refractivity contribution < 1.29 is 17.9 Å². The summed E-state index contributed by atoms with van der Waals surface area (Å²) >= 11 is 0. The minimum Gasteiger partial charge on any atom is -0.383 e. The van der Waals surface area contributed by atoms with Gasteiger partial charge in [-0.05, 0) is 18.2 Å². The first-order chi connectivity index (χ1) is 10.1. The lowest BCUT2D eigenvalue weighted by molar-refractivity contribution is 0.141. The Balaban J connectivity index is 2.24. The summed E-state index contributed by atoms with van der Waals surface area (Å²) < 4.78 is 45.7. The van der Waals surface area contributed by atoms with Gasteiger partial charge in [-0.2, -0.15) is 5.10 Å². The fourth-order valence-electron chi connectivity index (χ4n) is 1.97. The Kier molecular flexibility index (Phi) is 5.35. The maximum atomic E-state index is 13.3. The van der Waals surface area contributed by atoms with Gasteiger partial charge in [-0.1, -0.05) is 6.07 Å². The molecule has 0 spiro atoms. The molecule has 4 nitrogen and oxygen atoms in total. The number of rotatable bonds is 7. The lowest BCUT2D eigenvalue weighted by Gasteiger charge is -2.09. The Morgan fingerprint density at radius 2 is 2.19 bits per heavy atom. The van der Waals surface area contributed by atoms with Crippen molar-refractivity contribution in [2.24, 2.45) is 0 Å². The molecule has 2 rings (SSSR count). The number of hydrogen-bond donors (Lipinski definition) is 1. The van der Waals surface area contributed by atoms with Crippen LogP contribution in [0, 0.1) is 5.82 Å². The van der Waals surface area contributed by atoms with Crippen LogP contribution in [0.1, 0.15) is 17.7 Å². The molecule has 1 aromatic carbocycles. The molecule has 0 radical (unpaired) electrons. The van der Waals surface area contributed by atoms with Crippen molar-refractivity contribution in [1.82, 2.24) is 15.1 Å². The van der Waals surface area contributed by atoms with Gasteiger partial charge in [0.15, 0.2) is 0 Å². The number of ether oxygens (including phenoxy) is 1. The monoisotopic (exact) mass is 299 g/mol. The van der Waals surface area contributed by atoms with Gasteiger partial charge in [-0.15, -0.1) is 0 Å². The van der Waals surface area contributed by atoms with Crippen LogP contribution in [0.25, 0.3) is 5.69 Å². The highest BCUT2D eigenvalue weighted by Crippen LogP contribution is 2.25. The summed E-state index contributed by atoms with van der Waals surface area (Å²) in [6, 6.07) is 5.41. The summed E-state index contributed by atoms with van der Waals surface area (Å²) in [4.78, 5) is 0. The summed E-state index contributed by atoms with van der Waals surface area (Å²) in [5, 5.41) is 6.93. The first kappa shape index (κ1) is 15.5. The third-order valence-corrected chi connectivity index (χ3v) is 2.94. The van der Waals surface area contributed by atoms with Gasteiger partial charge in [-0.3, -0.25) is 0 Å². The van der Waals surface area contributed by atoms with E-state index in [1.54, 1.807) is 7.11 Å². The van der Waals surface area contributed by atoms with Crippen molar-refractivity contribution >= 4 is 0 Å². The number of hydrogen-bond acceptors (Lipinski definition) is 3. The van der Waals surface area contributed by atoms with Gasteiger partial charge in [0.05, 0.1) is 18.5 Å². The molecule has 2 aromatic rings. The molecule has 114 valence electrons. The second-order valence-corrected chi connectivity index (χ2v) is 4.42. The molecule has 7 heteroatoms. The second-order valence-electron chi connectivity index (χ2n) is 4.42. The SMILES string of the molecule is COCCNCc1cnn(-c2cccc(F)c2)c1C(F)F. The van der Waals surface area contributed by atoms with Crippen LogP contribution in [0.2, 0.25) is 0 Å². The van der Waals surface area contributed by atoms with Crippen molar-refractivity contribution in [3.63, 3.8) is 0 Å². The van der Waals surface area contributed by atoms with Gasteiger partial charge in [0.1, 0.15) is 11.5 Å². The van der Waals surface area contributed by atoms with Crippen LogP contribution in [-0.4, -0.2) is 30.0 Å². The van der Waals surface area contributed by atoms with Crippen LogP contribution < -0.4 is 5.32 Å². The van der Waals surface area contributed by atoms with Crippen molar-refractivity contribution in [3.8, 4) is 5.69 Å². The number of aromatic nitrogens is 2. The lowest BCUT2D eigenvalue weighted by Crippen LogP contribution is -2.19. The molecule has 0 saturated carbocycles.